The molecule has 0 N–H and O–H groups in total. The molecule has 0 heterocycles. The lowest BCUT2D eigenvalue weighted by Gasteiger charge is -2.00. The largest absolute Gasteiger partial charge is 0.0984 e. The monoisotopic (exact) mass is 288 g/mol. The van der Waals surface area contributed by atoms with E-state index < -0.39 is 0 Å². The van der Waals surface area contributed by atoms with Gasteiger partial charge in [0, 0.05) is 0 Å². The van der Waals surface area contributed by atoms with E-state index in [0.717, 1.165) is 17.6 Å². The summed E-state index contributed by atoms with van der Waals surface area (Å²) in [6.45, 7) is 24.2. The van der Waals surface area contributed by atoms with E-state index in [1.807, 2.05) is 45.9 Å². The zero-order chi connectivity index (χ0) is 17.3. The van der Waals surface area contributed by atoms with Crippen LogP contribution in [0.2, 0.25) is 0 Å². The molecule has 0 fully saturated rings. The van der Waals surface area contributed by atoms with Crippen molar-refractivity contribution in [2.45, 2.75) is 61.8 Å². The third-order valence-electron chi connectivity index (χ3n) is 2.26. The minimum absolute atomic E-state index is 0.987. The Morgan fingerprint density at radius 1 is 0.905 bits per heavy atom. The van der Waals surface area contributed by atoms with E-state index in [9.17, 15) is 0 Å². The van der Waals surface area contributed by atoms with Crippen molar-refractivity contribution in [1.29, 1.82) is 0 Å². The molecule has 0 unspecified atom stereocenters. The molecule has 0 aromatic rings. The Hall–Kier alpha value is -1.56. The van der Waals surface area contributed by atoms with Crippen molar-refractivity contribution >= 4 is 0 Å². The highest BCUT2D eigenvalue weighted by atomic mass is 14.0. The van der Waals surface area contributed by atoms with Crippen LogP contribution in [-0.4, -0.2) is 0 Å². The van der Waals surface area contributed by atoms with Gasteiger partial charge in [-0.05, 0) is 38.3 Å². The number of hydrogen-bond donors (Lipinski definition) is 0. The summed E-state index contributed by atoms with van der Waals surface area (Å²) >= 11 is 0. The molecule has 21 heavy (non-hydrogen) atoms. The first-order chi connectivity index (χ1) is 10.0. The zero-order valence-electron chi connectivity index (χ0n) is 15.6. The fourth-order valence-corrected chi connectivity index (χ4v) is 1.28. The summed E-state index contributed by atoms with van der Waals surface area (Å²) in [5.41, 5.74) is 4.58. The predicted molar refractivity (Wildman–Crippen MR) is 103 cm³/mol. The second-order valence-corrected chi connectivity index (χ2v) is 4.29. The molecule has 0 saturated carbocycles. The molecule has 0 aromatic carbocycles. The molecule has 0 aliphatic rings. The van der Waals surface area contributed by atoms with Crippen LogP contribution in [0, 0.1) is 0 Å². The van der Waals surface area contributed by atoms with Crippen LogP contribution in [0.15, 0.2) is 71.9 Å². The molecule has 0 amide bonds. The maximum Gasteiger partial charge on any atom is -0.0196 e. The molecule has 0 saturated heterocycles. The Morgan fingerprint density at radius 2 is 1.43 bits per heavy atom. The van der Waals surface area contributed by atoms with E-state index in [4.69, 9.17) is 0 Å². The molecule has 0 aromatic heterocycles. The molecule has 0 rings (SSSR count). The molecule has 0 atom stereocenters. The van der Waals surface area contributed by atoms with Crippen molar-refractivity contribution in [2.24, 2.45) is 0 Å². The fourth-order valence-electron chi connectivity index (χ4n) is 1.28. The minimum atomic E-state index is 0.987. The average Bonchev–Trinajstić information content (AvgIpc) is 2.50. The second-order valence-electron chi connectivity index (χ2n) is 4.29. The first-order valence-electron chi connectivity index (χ1n) is 8.03. The summed E-state index contributed by atoms with van der Waals surface area (Å²) in [5.74, 6) is 0. The quantitative estimate of drug-likeness (QED) is 0.442. The van der Waals surface area contributed by atoms with E-state index in [2.05, 4.69) is 59.1 Å². The van der Waals surface area contributed by atoms with E-state index in [1.165, 1.54) is 11.1 Å². The summed E-state index contributed by atoms with van der Waals surface area (Å²) in [5, 5.41) is 0. The smallest absolute Gasteiger partial charge is 0.0196 e. The van der Waals surface area contributed by atoms with E-state index in [0.29, 0.717) is 0 Å². The SMILES string of the molecule is C=C/C(=C\C=C(C)C)C(=C)/C=C\C(C)=C/CC.CC.CC. The standard InChI is InChI=1S/C17H24.2C2H6/c1-7-9-15(5)11-12-16(6)17(8-2)13-10-14(3)4;2*1-2/h8-13H,2,6-7H2,1,3-5H3;2*1-2H3/b12-11-,15-9-,17-13+;;. The van der Waals surface area contributed by atoms with Crippen LogP contribution in [0.5, 0.6) is 0 Å². The molecule has 0 bridgehead atoms. The predicted octanol–water partition coefficient (Wildman–Crippen LogP) is 7.59. The molecule has 120 valence electrons. The first kappa shape index (κ1) is 24.5. The van der Waals surface area contributed by atoms with Gasteiger partial charge in [0.1, 0.15) is 0 Å². The maximum absolute atomic E-state index is 4.05. The molecule has 0 heteroatoms. The first-order valence-corrected chi connectivity index (χ1v) is 8.03. The summed E-state index contributed by atoms with van der Waals surface area (Å²) in [4.78, 5) is 0. The lowest BCUT2D eigenvalue weighted by Crippen LogP contribution is -1.80. The van der Waals surface area contributed by atoms with Gasteiger partial charge >= 0.3 is 0 Å². The van der Waals surface area contributed by atoms with E-state index >= 15 is 0 Å². The summed E-state index contributed by atoms with van der Waals surface area (Å²) in [6.07, 6.45) is 13.3. The van der Waals surface area contributed by atoms with Crippen LogP contribution in [-0.2, 0) is 0 Å². The molecular weight excluding hydrogens is 252 g/mol. The van der Waals surface area contributed by atoms with Crippen molar-refractivity contribution in [2.75, 3.05) is 0 Å². The maximum atomic E-state index is 4.05. The third-order valence-corrected chi connectivity index (χ3v) is 2.26. The molecule has 0 radical (unpaired) electrons. The topological polar surface area (TPSA) is 0 Å². The Kier molecular flexibility index (Phi) is 21.5. The van der Waals surface area contributed by atoms with Crippen molar-refractivity contribution in [3.05, 3.63) is 71.9 Å². The number of rotatable bonds is 6. The van der Waals surface area contributed by atoms with Crippen LogP contribution in [0.4, 0.5) is 0 Å². The van der Waals surface area contributed by atoms with Crippen molar-refractivity contribution in [3.8, 4) is 0 Å². The van der Waals surface area contributed by atoms with Crippen LogP contribution >= 0.6 is 0 Å². The molecule has 0 aliphatic heterocycles. The minimum Gasteiger partial charge on any atom is -0.0984 e. The van der Waals surface area contributed by atoms with Gasteiger partial charge in [0.15, 0.2) is 0 Å². The van der Waals surface area contributed by atoms with Gasteiger partial charge in [-0.15, -0.1) is 0 Å². The molecule has 0 spiro atoms. The Labute approximate surface area is 134 Å². The highest BCUT2D eigenvalue weighted by molar-refractivity contribution is 5.47. The van der Waals surface area contributed by atoms with Gasteiger partial charge in [0.2, 0.25) is 0 Å². The van der Waals surface area contributed by atoms with Gasteiger partial charge in [-0.25, -0.2) is 0 Å². The lowest BCUT2D eigenvalue weighted by atomic mass is 10.1. The average molecular weight is 289 g/mol. The Bertz CT molecular complexity index is 380. The third kappa shape index (κ3) is 16.4. The highest BCUT2D eigenvalue weighted by Crippen LogP contribution is 2.12. The number of hydrogen-bond acceptors (Lipinski definition) is 0. The van der Waals surface area contributed by atoms with Gasteiger partial charge in [-0.3, -0.25) is 0 Å². The van der Waals surface area contributed by atoms with Crippen LogP contribution in [0.3, 0.4) is 0 Å². The fraction of sp³-hybridized carbons (Fsp3) is 0.429. The van der Waals surface area contributed by atoms with Gasteiger partial charge in [-0.2, -0.15) is 0 Å². The number of allylic oxidation sites excluding steroid dienone is 10. The Morgan fingerprint density at radius 3 is 1.81 bits per heavy atom. The van der Waals surface area contributed by atoms with Gasteiger partial charge < -0.3 is 0 Å². The van der Waals surface area contributed by atoms with E-state index in [-0.39, 0.29) is 0 Å². The van der Waals surface area contributed by atoms with Gasteiger partial charge in [0.05, 0.1) is 0 Å². The molecule has 0 aliphatic carbocycles. The Balaban J connectivity index is -0.000000739. The van der Waals surface area contributed by atoms with Crippen molar-refractivity contribution in [3.63, 3.8) is 0 Å². The highest BCUT2D eigenvalue weighted by Gasteiger charge is 1.93. The van der Waals surface area contributed by atoms with Crippen LogP contribution < -0.4 is 0 Å². The van der Waals surface area contributed by atoms with Crippen LogP contribution in [0.1, 0.15) is 61.8 Å². The van der Waals surface area contributed by atoms with Gasteiger partial charge in [0.25, 0.3) is 0 Å². The molecule has 0 nitrogen and oxygen atoms in total. The van der Waals surface area contributed by atoms with Crippen molar-refractivity contribution in [1.82, 2.24) is 0 Å². The zero-order valence-corrected chi connectivity index (χ0v) is 15.6. The normalized spacial score (nSPS) is 10.9. The van der Waals surface area contributed by atoms with Crippen molar-refractivity contribution < 1.29 is 0 Å². The summed E-state index contributed by atoms with van der Waals surface area (Å²) in [7, 11) is 0. The summed E-state index contributed by atoms with van der Waals surface area (Å²) < 4.78 is 0. The van der Waals surface area contributed by atoms with E-state index in [1.54, 1.807) is 0 Å². The second kappa shape index (κ2) is 18.4. The van der Waals surface area contributed by atoms with Crippen LogP contribution in [0.25, 0.3) is 0 Å². The lowest BCUT2D eigenvalue weighted by molar-refractivity contribution is 1.20. The summed E-state index contributed by atoms with van der Waals surface area (Å²) in [6, 6.07) is 0. The van der Waals surface area contributed by atoms with Gasteiger partial charge in [-0.1, -0.05) is 95.4 Å². The molecular formula is C21H36.